The van der Waals surface area contributed by atoms with Crippen LogP contribution in [0, 0.1) is 0 Å². The highest BCUT2D eigenvalue weighted by Gasteiger charge is 2.31. The first-order valence-electron chi connectivity index (χ1n) is 6.15. The average molecular weight is 294 g/mol. The maximum absolute atomic E-state index is 11.5. The third kappa shape index (κ3) is 2.42. The first kappa shape index (κ1) is 12.7. The second-order valence-electron chi connectivity index (χ2n) is 4.48. The SMILES string of the molecule is CCc1ccc(C2=CSC3=NS(=O)(=O)CCN23)cc1. The van der Waals surface area contributed by atoms with E-state index in [1.165, 1.54) is 17.3 Å². The topological polar surface area (TPSA) is 49.7 Å². The van der Waals surface area contributed by atoms with Crippen LogP contribution in [0.25, 0.3) is 5.70 Å². The van der Waals surface area contributed by atoms with Crippen LogP contribution in [0.4, 0.5) is 0 Å². The van der Waals surface area contributed by atoms with Crippen LogP contribution in [0.5, 0.6) is 0 Å². The molecule has 1 aromatic carbocycles. The molecule has 0 aliphatic carbocycles. The fraction of sp³-hybridized carbons (Fsp3) is 0.308. The van der Waals surface area contributed by atoms with Crippen molar-refractivity contribution in [3.05, 3.63) is 40.8 Å². The van der Waals surface area contributed by atoms with Gasteiger partial charge in [-0.25, -0.2) is 8.42 Å². The number of benzene rings is 1. The molecule has 0 radical (unpaired) electrons. The average Bonchev–Trinajstić information content (AvgIpc) is 2.80. The van der Waals surface area contributed by atoms with E-state index >= 15 is 0 Å². The van der Waals surface area contributed by atoms with Crippen LogP contribution in [-0.2, 0) is 16.4 Å². The van der Waals surface area contributed by atoms with E-state index in [9.17, 15) is 8.42 Å². The van der Waals surface area contributed by atoms with E-state index in [0.29, 0.717) is 11.7 Å². The minimum Gasteiger partial charge on any atom is -0.318 e. The molecule has 0 unspecified atom stereocenters. The molecular formula is C13H14N2O2S2. The van der Waals surface area contributed by atoms with Crippen molar-refractivity contribution in [2.45, 2.75) is 13.3 Å². The molecule has 2 aliphatic heterocycles. The van der Waals surface area contributed by atoms with Gasteiger partial charge < -0.3 is 4.90 Å². The van der Waals surface area contributed by atoms with Gasteiger partial charge in [-0.1, -0.05) is 43.0 Å². The zero-order chi connectivity index (χ0) is 13.5. The summed E-state index contributed by atoms with van der Waals surface area (Å²) < 4.78 is 26.7. The minimum absolute atomic E-state index is 0.0848. The molecule has 4 nitrogen and oxygen atoms in total. The van der Waals surface area contributed by atoms with Crippen molar-refractivity contribution in [1.29, 1.82) is 0 Å². The second-order valence-corrected chi connectivity index (χ2v) is 7.07. The third-order valence-electron chi connectivity index (χ3n) is 3.25. The van der Waals surface area contributed by atoms with Crippen LogP contribution in [0.3, 0.4) is 0 Å². The number of hydrogen-bond donors (Lipinski definition) is 0. The van der Waals surface area contributed by atoms with Gasteiger partial charge >= 0.3 is 0 Å². The molecule has 6 heteroatoms. The van der Waals surface area contributed by atoms with Crippen molar-refractivity contribution < 1.29 is 8.42 Å². The van der Waals surface area contributed by atoms with Gasteiger partial charge in [-0.05, 0) is 17.5 Å². The first-order valence-corrected chi connectivity index (χ1v) is 8.64. The fourth-order valence-electron chi connectivity index (χ4n) is 2.13. The van der Waals surface area contributed by atoms with E-state index in [1.807, 2.05) is 10.3 Å². The summed E-state index contributed by atoms with van der Waals surface area (Å²) in [6.45, 7) is 2.61. The Morgan fingerprint density at radius 2 is 2.05 bits per heavy atom. The number of thioether (sulfide) groups is 1. The Labute approximate surface area is 117 Å². The summed E-state index contributed by atoms with van der Waals surface area (Å²) in [5, 5.41) is 2.54. The van der Waals surface area contributed by atoms with Gasteiger partial charge in [0, 0.05) is 12.0 Å². The molecule has 0 atom stereocenters. The molecular weight excluding hydrogens is 280 g/mol. The lowest BCUT2D eigenvalue weighted by Gasteiger charge is -2.25. The second kappa shape index (κ2) is 4.68. The van der Waals surface area contributed by atoms with Crippen molar-refractivity contribution in [3.8, 4) is 0 Å². The van der Waals surface area contributed by atoms with Gasteiger partial charge in [0.25, 0.3) is 10.0 Å². The summed E-state index contributed by atoms with van der Waals surface area (Å²) in [5.74, 6) is 0.0848. The molecule has 0 bridgehead atoms. The molecule has 0 spiro atoms. The monoisotopic (exact) mass is 294 g/mol. The summed E-state index contributed by atoms with van der Waals surface area (Å²) in [4.78, 5) is 1.98. The molecule has 0 saturated heterocycles. The van der Waals surface area contributed by atoms with Crippen molar-refractivity contribution in [1.82, 2.24) is 4.90 Å². The molecule has 0 N–H and O–H groups in total. The molecule has 0 saturated carbocycles. The Bertz CT molecular complexity index is 660. The van der Waals surface area contributed by atoms with Crippen LogP contribution >= 0.6 is 11.8 Å². The van der Waals surface area contributed by atoms with E-state index in [4.69, 9.17) is 0 Å². The Hall–Kier alpha value is -1.27. The summed E-state index contributed by atoms with van der Waals surface area (Å²) in [6, 6.07) is 8.38. The third-order valence-corrected chi connectivity index (χ3v) is 5.37. The highest BCUT2D eigenvalue weighted by atomic mass is 32.2. The maximum Gasteiger partial charge on any atom is 0.257 e. The quantitative estimate of drug-likeness (QED) is 0.840. The van der Waals surface area contributed by atoms with E-state index in [0.717, 1.165) is 17.7 Å². The molecule has 2 heterocycles. The van der Waals surface area contributed by atoms with Gasteiger partial charge in [0.05, 0.1) is 11.4 Å². The molecule has 0 aromatic heterocycles. The summed E-state index contributed by atoms with van der Waals surface area (Å²) >= 11 is 1.38. The Balaban J connectivity index is 1.91. The number of rotatable bonds is 2. The zero-order valence-electron chi connectivity index (χ0n) is 10.5. The Morgan fingerprint density at radius 3 is 2.74 bits per heavy atom. The number of amidine groups is 1. The number of hydrogen-bond acceptors (Lipinski definition) is 4. The number of sulfonamides is 1. The normalized spacial score (nSPS) is 20.8. The van der Waals surface area contributed by atoms with Crippen LogP contribution in [0.1, 0.15) is 18.1 Å². The molecule has 2 aliphatic rings. The van der Waals surface area contributed by atoms with Gasteiger partial charge in [0.1, 0.15) is 0 Å². The van der Waals surface area contributed by atoms with E-state index in [-0.39, 0.29) is 5.75 Å². The largest absolute Gasteiger partial charge is 0.318 e. The van der Waals surface area contributed by atoms with Crippen LogP contribution in [0.2, 0.25) is 0 Å². The number of fused-ring (bicyclic) bond motifs is 1. The van der Waals surface area contributed by atoms with Gasteiger partial charge in [-0.3, -0.25) is 0 Å². The van der Waals surface area contributed by atoms with Gasteiger partial charge in [-0.2, -0.15) is 0 Å². The summed E-state index contributed by atoms with van der Waals surface area (Å²) in [6.07, 6.45) is 1.02. The molecule has 0 amide bonds. The molecule has 3 rings (SSSR count). The summed E-state index contributed by atoms with van der Waals surface area (Å²) in [5.41, 5.74) is 3.45. The van der Waals surface area contributed by atoms with Crippen molar-refractivity contribution in [2.24, 2.45) is 4.40 Å². The van der Waals surface area contributed by atoms with Gasteiger partial charge in [-0.15, -0.1) is 4.40 Å². The van der Waals surface area contributed by atoms with E-state index in [2.05, 4.69) is 35.6 Å². The van der Waals surface area contributed by atoms with Gasteiger partial charge in [0.15, 0.2) is 5.17 Å². The van der Waals surface area contributed by atoms with Gasteiger partial charge in [0.2, 0.25) is 0 Å². The summed E-state index contributed by atoms with van der Waals surface area (Å²) in [7, 11) is -3.26. The molecule has 19 heavy (non-hydrogen) atoms. The predicted molar refractivity (Wildman–Crippen MR) is 79.3 cm³/mol. The molecule has 0 fully saturated rings. The van der Waals surface area contributed by atoms with E-state index < -0.39 is 10.0 Å². The Kier molecular flexibility index (Phi) is 3.14. The van der Waals surface area contributed by atoms with Crippen LogP contribution < -0.4 is 0 Å². The number of nitrogens with zero attached hydrogens (tertiary/aromatic N) is 2. The zero-order valence-corrected chi connectivity index (χ0v) is 12.2. The lowest BCUT2D eigenvalue weighted by Crippen LogP contribution is -2.34. The number of aryl methyl sites for hydroxylation is 1. The first-order chi connectivity index (χ1) is 9.09. The molecule has 1 aromatic rings. The van der Waals surface area contributed by atoms with Crippen LogP contribution in [0.15, 0.2) is 34.1 Å². The minimum atomic E-state index is -3.26. The van der Waals surface area contributed by atoms with Crippen molar-refractivity contribution >= 4 is 32.6 Å². The highest BCUT2D eigenvalue weighted by Crippen LogP contribution is 2.35. The van der Waals surface area contributed by atoms with Crippen molar-refractivity contribution in [2.75, 3.05) is 12.3 Å². The maximum atomic E-state index is 11.5. The standard InChI is InChI=1S/C13H14N2O2S2/c1-2-10-3-5-11(6-4-10)12-9-18-13-14-19(16,17)8-7-15(12)13/h3-6,9H,2,7-8H2,1H3. The predicted octanol–water partition coefficient (Wildman–Crippen LogP) is 2.30. The Morgan fingerprint density at radius 1 is 1.32 bits per heavy atom. The molecule has 100 valence electrons. The fourth-order valence-corrected chi connectivity index (χ4v) is 4.28. The van der Waals surface area contributed by atoms with Crippen molar-refractivity contribution in [3.63, 3.8) is 0 Å². The van der Waals surface area contributed by atoms with E-state index in [1.54, 1.807) is 0 Å². The highest BCUT2D eigenvalue weighted by molar-refractivity contribution is 8.17. The lowest BCUT2D eigenvalue weighted by molar-refractivity contribution is 0.567. The smallest absolute Gasteiger partial charge is 0.257 e. The lowest BCUT2D eigenvalue weighted by atomic mass is 10.1. The van der Waals surface area contributed by atoms with Crippen LogP contribution in [-0.4, -0.2) is 30.8 Å².